The minimum atomic E-state index is -0.528. The van der Waals surface area contributed by atoms with Crippen molar-refractivity contribution in [2.75, 3.05) is 4.90 Å². The third kappa shape index (κ3) is 1.92. The van der Waals surface area contributed by atoms with Gasteiger partial charge in [-0.2, -0.15) is 0 Å². The second kappa shape index (κ2) is 4.52. The van der Waals surface area contributed by atoms with Gasteiger partial charge in [0.2, 0.25) is 5.91 Å². The van der Waals surface area contributed by atoms with Crippen molar-refractivity contribution < 1.29 is 4.79 Å². The van der Waals surface area contributed by atoms with Gasteiger partial charge in [-0.1, -0.05) is 42.5 Å². The lowest BCUT2D eigenvalue weighted by atomic mass is 10.1. The van der Waals surface area contributed by atoms with E-state index in [1.807, 2.05) is 36.4 Å². The van der Waals surface area contributed by atoms with Crippen LogP contribution in [0, 0.1) is 6.92 Å². The van der Waals surface area contributed by atoms with Crippen LogP contribution in [0.2, 0.25) is 0 Å². The van der Waals surface area contributed by atoms with E-state index >= 15 is 0 Å². The van der Waals surface area contributed by atoms with Gasteiger partial charge in [0.25, 0.3) is 0 Å². The fourth-order valence-electron chi connectivity index (χ4n) is 2.54. The van der Waals surface area contributed by atoms with Crippen LogP contribution in [0.15, 0.2) is 48.5 Å². The van der Waals surface area contributed by atoms with Gasteiger partial charge in [-0.3, -0.25) is 4.79 Å². The monoisotopic (exact) mass is 252 g/mol. The first kappa shape index (κ1) is 11.9. The summed E-state index contributed by atoms with van der Waals surface area (Å²) in [7, 11) is 0. The molecular weight excluding hydrogens is 236 g/mol. The molecule has 3 heteroatoms. The molecular formula is C16H16N2O. The van der Waals surface area contributed by atoms with Crippen molar-refractivity contribution in [2.45, 2.75) is 19.5 Å². The molecule has 0 spiro atoms. The molecule has 2 aromatic carbocycles. The third-order valence-electron chi connectivity index (χ3n) is 3.68. The molecule has 0 aromatic heterocycles. The number of para-hydroxylation sites is 1. The maximum absolute atomic E-state index is 12.3. The van der Waals surface area contributed by atoms with Crippen molar-refractivity contribution in [2.24, 2.45) is 5.73 Å². The molecule has 96 valence electrons. The number of fused-ring (bicyclic) bond motifs is 1. The Kier molecular flexibility index (Phi) is 2.84. The Balaban J connectivity index is 1.98. The summed E-state index contributed by atoms with van der Waals surface area (Å²) in [4.78, 5) is 14.1. The minimum Gasteiger partial charge on any atom is -0.316 e. The lowest BCUT2D eigenvalue weighted by molar-refractivity contribution is -0.119. The number of aryl methyl sites for hydroxylation is 1. The zero-order chi connectivity index (χ0) is 13.4. The van der Waals surface area contributed by atoms with Crippen molar-refractivity contribution in [3.05, 3.63) is 65.2 Å². The van der Waals surface area contributed by atoms with Crippen LogP contribution < -0.4 is 10.6 Å². The predicted molar refractivity (Wildman–Crippen MR) is 75.7 cm³/mol. The largest absolute Gasteiger partial charge is 0.316 e. The van der Waals surface area contributed by atoms with Crippen molar-refractivity contribution in [1.82, 2.24) is 0 Å². The molecule has 1 aliphatic rings. The zero-order valence-corrected chi connectivity index (χ0v) is 10.8. The summed E-state index contributed by atoms with van der Waals surface area (Å²) in [5.41, 5.74) is 10.2. The molecule has 0 saturated heterocycles. The number of carbonyl (C=O) groups excluding carboxylic acids is 1. The highest BCUT2D eigenvalue weighted by Crippen LogP contribution is 2.35. The Morgan fingerprint density at radius 3 is 2.58 bits per heavy atom. The van der Waals surface area contributed by atoms with Gasteiger partial charge in [-0.15, -0.1) is 0 Å². The number of hydrogen-bond acceptors (Lipinski definition) is 2. The fourth-order valence-corrected chi connectivity index (χ4v) is 2.54. The first-order chi connectivity index (χ1) is 9.18. The molecule has 0 aliphatic carbocycles. The maximum atomic E-state index is 12.3. The molecule has 1 heterocycles. The van der Waals surface area contributed by atoms with E-state index in [0.29, 0.717) is 6.54 Å². The number of nitrogens with two attached hydrogens (primary N) is 1. The molecule has 1 amide bonds. The first-order valence-electron chi connectivity index (χ1n) is 6.39. The second-order valence-corrected chi connectivity index (χ2v) is 4.89. The first-order valence-corrected chi connectivity index (χ1v) is 6.39. The number of amides is 1. The lowest BCUT2D eigenvalue weighted by Crippen LogP contribution is -2.31. The number of carbonyl (C=O) groups is 1. The van der Waals surface area contributed by atoms with Crippen molar-refractivity contribution >= 4 is 11.6 Å². The normalized spacial score (nSPS) is 17.7. The van der Waals surface area contributed by atoms with Gasteiger partial charge in [-0.05, 0) is 24.1 Å². The van der Waals surface area contributed by atoms with Crippen LogP contribution in [-0.4, -0.2) is 5.91 Å². The van der Waals surface area contributed by atoms with Crippen molar-refractivity contribution in [1.29, 1.82) is 0 Å². The molecule has 2 N–H and O–H groups in total. The maximum Gasteiger partial charge on any atom is 0.248 e. The summed E-state index contributed by atoms with van der Waals surface area (Å²) in [6.07, 6.45) is 0. The molecule has 1 atom stereocenters. The highest BCUT2D eigenvalue weighted by Gasteiger charge is 2.34. The summed E-state index contributed by atoms with van der Waals surface area (Å²) >= 11 is 0. The highest BCUT2D eigenvalue weighted by atomic mass is 16.2. The molecule has 1 aliphatic heterocycles. The molecule has 1 unspecified atom stereocenters. The summed E-state index contributed by atoms with van der Waals surface area (Å²) in [5.74, 6) is -0.0237. The number of nitrogens with zero attached hydrogens (tertiary/aromatic N) is 1. The lowest BCUT2D eigenvalue weighted by Gasteiger charge is -2.19. The highest BCUT2D eigenvalue weighted by molar-refractivity contribution is 6.04. The number of anilines is 1. The van der Waals surface area contributed by atoms with E-state index in [0.717, 1.165) is 16.8 Å². The molecule has 0 bridgehead atoms. The summed E-state index contributed by atoms with van der Waals surface area (Å²) in [5, 5.41) is 0. The van der Waals surface area contributed by atoms with Crippen LogP contribution >= 0.6 is 0 Å². The SMILES string of the molecule is Cc1ccccc1CN1C(=O)C(N)c2ccccc21. The van der Waals surface area contributed by atoms with E-state index < -0.39 is 6.04 Å². The molecule has 3 rings (SSSR count). The zero-order valence-electron chi connectivity index (χ0n) is 10.8. The molecule has 2 aromatic rings. The van der Waals surface area contributed by atoms with Crippen molar-refractivity contribution in [3.63, 3.8) is 0 Å². The Bertz CT molecular complexity index is 636. The van der Waals surface area contributed by atoms with Gasteiger partial charge in [0.1, 0.15) is 6.04 Å². The van der Waals surface area contributed by atoms with Gasteiger partial charge in [0.05, 0.1) is 6.54 Å². The average Bonchev–Trinajstić information content (AvgIpc) is 2.67. The molecule has 0 fully saturated rings. The quantitative estimate of drug-likeness (QED) is 0.892. The van der Waals surface area contributed by atoms with Crippen LogP contribution in [0.1, 0.15) is 22.7 Å². The van der Waals surface area contributed by atoms with Gasteiger partial charge in [-0.25, -0.2) is 0 Å². The summed E-state index contributed by atoms with van der Waals surface area (Å²) < 4.78 is 0. The average molecular weight is 252 g/mol. The smallest absolute Gasteiger partial charge is 0.248 e. The van der Waals surface area contributed by atoms with Crippen LogP contribution in [0.4, 0.5) is 5.69 Å². The molecule has 0 radical (unpaired) electrons. The van der Waals surface area contributed by atoms with Gasteiger partial charge >= 0.3 is 0 Å². The van der Waals surface area contributed by atoms with E-state index in [1.165, 1.54) is 5.56 Å². The molecule has 19 heavy (non-hydrogen) atoms. The number of rotatable bonds is 2. The van der Waals surface area contributed by atoms with E-state index in [-0.39, 0.29) is 5.91 Å². The standard InChI is InChI=1S/C16H16N2O/c1-11-6-2-3-7-12(11)10-18-14-9-5-4-8-13(14)15(17)16(18)19/h2-9,15H,10,17H2,1H3. The van der Waals surface area contributed by atoms with E-state index in [9.17, 15) is 4.79 Å². The number of benzene rings is 2. The topological polar surface area (TPSA) is 46.3 Å². The van der Waals surface area contributed by atoms with Gasteiger partial charge < -0.3 is 10.6 Å². The summed E-state index contributed by atoms with van der Waals surface area (Å²) in [6, 6.07) is 15.3. The van der Waals surface area contributed by atoms with E-state index in [2.05, 4.69) is 19.1 Å². The molecule has 0 saturated carbocycles. The van der Waals surface area contributed by atoms with Gasteiger partial charge in [0, 0.05) is 11.3 Å². The Hall–Kier alpha value is -2.13. The number of hydrogen-bond donors (Lipinski definition) is 1. The summed E-state index contributed by atoms with van der Waals surface area (Å²) in [6.45, 7) is 2.64. The van der Waals surface area contributed by atoms with Gasteiger partial charge in [0.15, 0.2) is 0 Å². The van der Waals surface area contributed by atoms with E-state index in [1.54, 1.807) is 4.90 Å². The van der Waals surface area contributed by atoms with E-state index in [4.69, 9.17) is 5.73 Å². The molecule has 3 nitrogen and oxygen atoms in total. The van der Waals surface area contributed by atoms with Crippen LogP contribution in [0.5, 0.6) is 0 Å². The third-order valence-corrected chi connectivity index (χ3v) is 3.68. The van der Waals surface area contributed by atoms with Crippen LogP contribution in [-0.2, 0) is 11.3 Å². The van der Waals surface area contributed by atoms with Crippen molar-refractivity contribution in [3.8, 4) is 0 Å². The Morgan fingerprint density at radius 2 is 1.79 bits per heavy atom. The Labute approximate surface area is 112 Å². The Morgan fingerprint density at radius 1 is 1.11 bits per heavy atom. The fraction of sp³-hybridized carbons (Fsp3) is 0.188. The minimum absolute atomic E-state index is 0.0237. The van der Waals surface area contributed by atoms with Crippen LogP contribution in [0.3, 0.4) is 0 Å². The van der Waals surface area contributed by atoms with Crippen LogP contribution in [0.25, 0.3) is 0 Å². The predicted octanol–water partition coefficient (Wildman–Crippen LogP) is 2.54. The second-order valence-electron chi connectivity index (χ2n) is 4.89.